The number of methoxy groups -OCH3 is 1. The van der Waals surface area contributed by atoms with E-state index in [9.17, 15) is 4.79 Å². The molecule has 1 aliphatic carbocycles. The van der Waals surface area contributed by atoms with Gasteiger partial charge in [0, 0.05) is 5.56 Å². The van der Waals surface area contributed by atoms with Gasteiger partial charge in [-0.2, -0.15) is 0 Å². The molecule has 0 saturated carbocycles. The minimum Gasteiger partial charge on any atom is -0.497 e. The van der Waals surface area contributed by atoms with Gasteiger partial charge in [-0.25, -0.2) is 4.99 Å². The zero-order valence-corrected chi connectivity index (χ0v) is 20.2. The summed E-state index contributed by atoms with van der Waals surface area (Å²) in [4.78, 5) is 19.5. The Balaban J connectivity index is 1.53. The maximum atomic E-state index is 13.7. The van der Waals surface area contributed by atoms with Gasteiger partial charge in [0.1, 0.15) is 5.75 Å². The minimum absolute atomic E-state index is 0.00214. The number of nitrogens with zero attached hydrogens (tertiary/aromatic N) is 2. The standard InChI is InChI=1S/C30H24N2O2S/c1-34-23-17-14-22(15-18-23)28-25-19-16-21-11-5-6-12-24(21)27(25)31-30-32(28)29(33)26(35-30)13-7-10-20-8-3-2-4-9-20/h2-15,17-18,28H,16,19H2,1H3/b10-7+,26-13-/t28-/m0/s1. The predicted molar refractivity (Wildman–Crippen MR) is 142 cm³/mol. The number of thiazole rings is 1. The molecule has 2 aliphatic rings. The van der Waals surface area contributed by atoms with Crippen molar-refractivity contribution in [1.82, 2.24) is 4.57 Å². The summed E-state index contributed by atoms with van der Waals surface area (Å²) in [7, 11) is 1.67. The van der Waals surface area contributed by atoms with E-state index in [0.29, 0.717) is 4.53 Å². The van der Waals surface area contributed by atoms with Crippen molar-refractivity contribution in [2.45, 2.75) is 18.9 Å². The molecule has 172 valence electrons. The maximum absolute atomic E-state index is 13.7. The molecular formula is C30H24N2O2S. The number of aryl methyl sites for hydroxylation is 1. The monoisotopic (exact) mass is 476 g/mol. The Bertz CT molecular complexity index is 1640. The SMILES string of the molecule is COc1ccc([C@H]2C3=C(N=c4s/c(=C\C=C\c5ccccc5)c(=O)n42)c2ccccc2CC3)cc1. The molecule has 0 N–H and O–H groups in total. The van der Waals surface area contributed by atoms with Crippen LogP contribution in [0.4, 0.5) is 0 Å². The number of allylic oxidation sites excluding steroid dienone is 2. The van der Waals surface area contributed by atoms with Gasteiger partial charge >= 0.3 is 0 Å². The summed E-state index contributed by atoms with van der Waals surface area (Å²) < 4.78 is 7.94. The fraction of sp³-hybridized carbons (Fsp3) is 0.133. The first-order chi connectivity index (χ1) is 17.2. The number of benzene rings is 3. The van der Waals surface area contributed by atoms with Crippen molar-refractivity contribution in [3.05, 3.63) is 132 Å². The molecule has 0 amide bonds. The third-order valence-corrected chi connectivity index (χ3v) is 7.64. The molecule has 0 bridgehead atoms. The second kappa shape index (κ2) is 9.01. The fourth-order valence-corrected chi connectivity index (χ4v) is 5.89. The highest BCUT2D eigenvalue weighted by Crippen LogP contribution is 2.41. The smallest absolute Gasteiger partial charge is 0.271 e. The Morgan fingerprint density at radius 1 is 0.971 bits per heavy atom. The third-order valence-electron chi connectivity index (χ3n) is 6.64. The number of ether oxygens (including phenoxy) is 1. The number of hydrogen-bond donors (Lipinski definition) is 0. The highest BCUT2D eigenvalue weighted by atomic mass is 32.1. The highest BCUT2D eigenvalue weighted by molar-refractivity contribution is 7.07. The van der Waals surface area contributed by atoms with Crippen LogP contribution >= 0.6 is 11.3 Å². The summed E-state index contributed by atoms with van der Waals surface area (Å²) in [5.41, 5.74) is 6.87. The molecule has 0 unspecified atom stereocenters. The van der Waals surface area contributed by atoms with E-state index >= 15 is 0 Å². The van der Waals surface area contributed by atoms with Crippen molar-refractivity contribution in [1.29, 1.82) is 0 Å². The summed E-state index contributed by atoms with van der Waals surface area (Å²) in [5.74, 6) is 0.801. The Morgan fingerprint density at radius 3 is 2.54 bits per heavy atom. The van der Waals surface area contributed by atoms with E-state index in [1.54, 1.807) is 7.11 Å². The first-order valence-electron chi connectivity index (χ1n) is 11.7. The van der Waals surface area contributed by atoms with E-state index in [1.807, 2.05) is 65.3 Å². The molecule has 1 aliphatic heterocycles. The van der Waals surface area contributed by atoms with Crippen molar-refractivity contribution < 1.29 is 4.74 Å². The summed E-state index contributed by atoms with van der Waals surface area (Å²) in [6.07, 6.45) is 7.68. The summed E-state index contributed by atoms with van der Waals surface area (Å²) in [5, 5.41) is 0. The summed E-state index contributed by atoms with van der Waals surface area (Å²) >= 11 is 1.45. The highest BCUT2D eigenvalue weighted by Gasteiger charge is 2.32. The van der Waals surface area contributed by atoms with E-state index in [4.69, 9.17) is 9.73 Å². The molecule has 6 rings (SSSR count). The molecule has 4 nitrogen and oxygen atoms in total. The van der Waals surface area contributed by atoms with Crippen molar-refractivity contribution >= 4 is 29.2 Å². The number of hydrogen-bond acceptors (Lipinski definition) is 4. The van der Waals surface area contributed by atoms with Crippen molar-refractivity contribution in [3.8, 4) is 5.75 Å². The molecule has 3 aromatic carbocycles. The summed E-state index contributed by atoms with van der Waals surface area (Å²) in [6.45, 7) is 0. The molecule has 0 fully saturated rings. The van der Waals surface area contributed by atoms with Gasteiger partial charge in [-0.3, -0.25) is 9.36 Å². The first-order valence-corrected chi connectivity index (χ1v) is 12.5. The maximum Gasteiger partial charge on any atom is 0.271 e. The molecular weight excluding hydrogens is 452 g/mol. The first kappa shape index (κ1) is 21.6. The van der Waals surface area contributed by atoms with Crippen LogP contribution in [0.3, 0.4) is 0 Å². The lowest BCUT2D eigenvalue weighted by Crippen LogP contribution is -2.38. The average Bonchev–Trinajstić information content (AvgIpc) is 3.22. The van der Waals surface area contributed by atoms with E-state index in [0.717, 1.165) is 40.2 Å². The Kier molecular flexibility index (Phi) is 5.55. The fourth-order valence-electron chi connectivity index (χ4n) is 4.93. The second-order valence-electron chi connectivity index (χ2n) is 8.68. The molecule has 1 aromatic heterocycles. The Morgan fingerprint density at radius 2 is 1.74 bits per heavy atom. The van der Waals surface area contributed by atoms with Gasteiger partial charge in [0.2, 0.25) is 0 Å². The van der Waals surface area contributed by atoms with Gasteiger partial charge in [0.25, 0.3) is 5.56 Å². The number of rotatable bonds is 4. The van der Waals surface area contributed by atoms with Crippen LogP contribution in [0.5, 0.6) is 5.75 Å². The van der Waals surface area contributed by atoms with Crippen LogP contribution in [-0.4, -0.2) is 11.7 Å². The van der Waals surface area contributed by atoms with E-state index < -0.39 is 0 Å². The van der Waals surface area contributed by atoms with Crippen LogP contribution in [0.15, 0.2) is 100 Å². The molecule has 0 radical (unpaired) electrons. The van der Waals surface area contributed by atoms with Crippen LogP contribution in [-0.2, 0) is 6.42 Å². The molecule has 0 saturated heterocycles. The van der Waals surface area contributed by atoms with Crippen molar-refractivity contribution in [3.63, 3.8) is 0 Å². The zero-order valence-electron chi connectivity index (χ0n) is 19.3. The average molecular weight is 477 g/mol. The largest absolute Gasteiger partial charge is 0.497 e. The predicted octanol–water partition coefficient (Wildman–Crippen LogP) is 4.99. The van der Waals surface area contributed by atoms with Crippen molar-refractivity contribution in [2.24, 2.45) is 4.99 Å². The second-order valence-corrected chi connectivity index (χ2v) is 9.69. The zero-order chi connectivity index (χ0) is 23.8. The lowest BCUT2D eigenvalue weighted by Gasteiger charge is -2.30. The third kappa shape index (κ3) is 3.88. The molecule has 4 aromatic rings. The van der Waals surface area contributed by atoms with Crippen LogP contribution in [0.2, 0.25) is 0 Å². The molecule has 0 spiro atoms. The van der Waals surface area contributed by atoms with Crippen LogP contribution in [0.25, 0.3) is 17.8 Å². The van der Waals surface area contributed by atoms with Gasteiger partial charge in [-0.05, 0) is 53.3 Å². The summed E-state index contributed by atoms with van der Waals surface area (Å²) in [6, 6.07) is 26.4. The van der Waals surface area contributed by atoms with E-state index in [2.05, 4.69) is 36.4 Å². The van der Waals surface area contributed by atoms with Gasteiger partial charge in [-0.15, -0.1) is 0 Å². The van der Waals surface area contributed by atoms with Crippen LogP contribution < -0.4 is 19.6 Å². The minimum atomic E-state index is -0.180. The van der Waals surface area contributed by atoms with Crippen LogP contribution in [0.1, 0.15) is 34.7 Å². The normalized spacial score (nSPS) is 17.1. The number of fused-ring (bicyclic) bond motifs is 3. The lowest BCUT2D eigenvalue weighted by atomic mass is 9.83. The van der Waals surface area contributed by atoms with Gasteiger partial charge in [0.05, 0.1) is 23.4 Å². The lowest BCUT2D eigenvalue weighted by molar-refractivity contribution is 0.414. The quantitative estimate of drug-likeness (QED) is 0.416. The topological polar surface area (TPSA) is 43.6 Å². The molecule has 35 heavy (non-hydrogen) atoms. The van der Waals surface area contributed by atoms with E-state index in [-0.39, 0.29) is 11.6 Å². The van der Waals surface area contributed by atoms with E-state index in [1.165, 1.54) is 28.0 Å². The Hall–Kier alpha value is -3.96. The van der Waals surface area contributed by atoms with Gasteiger partial charge < -0.3 is 4.74 Å². The molecule has 5 heteroatoms. The van der Waals surface area contributed by atoms with Crippen molar-refractivity contribution in [2.75, 3.05) is 7.11 Å². The van der Waals surface area contributed by atoms with Crippen LogP contribution in [0, 0.1) is 0 Å². The number of aromatic nitrogens is 1. The Labute approximate surface area is 207 Å². The molecule has 2 heterocycles. The van der Waals surface area contributed by atoms with Gasteiger partial charge in [-0.1, -0.05) is 90.2 Å². The molecule has 1 atom stereocenters. The van der Waals surface area contributed by atoms with Gasteiger partial charge in [0.15, 0.2) is 4.80 Å².